The molecule has 1 fully saturated rings. The fourth-order valence-corrected chi connectivity index (χ4v) is 3.76. The van der Waals surface area contributed by atoms with Crippen LogP contribution in [-0.4, -0.2) is 54.0 Å². The van der Waals surface area contributed by atoms with E-state index in [1.165, 1.54) is 0 Å². The van der Waals surface area contributed by atoms with Crippen LogP contribution in [0.3, 0.4) is 0 Å². The maximum absolute atomic E-state index is 13.1. The summed E-state index contributed by atoms with van der Waals surface area (Å²) in [5.74, 6) is 2.51. The zero-order chi connectivity index (χ0) is 19.8. The Morgan fingerprint density at radius 1 is 1.25 bits per heavy atom. The Balaban J connectivity index is 1.48. The van der Waals surface area contributed by atoms with Crippen LogP contribution in [0.25, 0.3) is 0 Å². The van der Waals surface area contributed by atoms with E-state index in [9.17, 15) is 4.79 Å². The third-order valence-corrected chi connectivity index (χ3v) is 5.36. The van der Waals surface area contributed by atoms with E-state index in [0.29, 0.717) is 31.1 Å². The molecule has 0 unspecified atom stereocenters. The normalized spacial score (nSPS) is 15.4. The van der Waals surface area contributed by atoms with Gasteiger partial charge in [0.2, 0.25) is 0 Å². The van der Waals surface area contributed by atoms with Crippen LogP contribution in [0.2, 0.25) is 0 Å². The van der Waals surface area contributed by atoms with Gasteiger partial charge in [-0.15, -0.1) is 0 Å². The van der Waals surface area contributed by atoms with Crippen LogP contribution in [0, 0.1) is 27.7 Å². The molecule has 9 heteroatoms. The van der Waals surface area contributed by atoms with Crippen molar-refractivity contribution < 1.29 is 9.32 Å². The second-order valence-corrected chi connectivity index (χ2v) is 7.50. The van der Waals surface area contributed by atoms with E-state index < -0.39 is 0 Å². The van der Waals surface area contributed by atoms with Crippen molar-refractivity contribution in [3.05, 3.63) is 46.1 Å². The molecule has 4 heterocycles. The van der Waals surface area contributed by atoms with Crippen molar-refractivity contribution in [2.45, 2.75) is 53.0 Å². The zero-order valence-electron chi connectivity index (χ0n) is 16.7. The molecule has 1 aliphatic heterocycles. The molecule has 28 heavy (non-hydrogen) atoms. The van der Waals surface area contributed by atoms with Crippen LogP contribution in [0.4, 0.5) is 0 Å². The van der Waals surface area contributed by atoms with E-state index in [-0.39, 0.29) is 11.8 Å². The minimum absolute atomic E-state index is 0.0852. The van der Waals surface area contributed by atoms with Gasteiger partial charge in [-0.3, -0.25) is 14.6 Å². The molecule has 1 aliphatic rings. The fourth-order valence-electron chi connectivity index (χ4n) is 3.76. The Morgan fingerprint density at radius 2 is 2.00 bits per heavy atom. The molecule has 0 saturated carbocycles. The van der Waals surface area contributed by atoms with Crippen molar-refractivity contribution in [3.63, 3.8) is 0 Å². The number of aromatic nitrogens is 6. The topological polar surface area (TPSA) is 106 Å². The highest BCUT2D eigenvalue weighted by molar-refractivity contribution is 5.93. The predicted molar refractivity (Wildman–Crippen MR) is 101 cm³/mol. The standard InChI is InChI=1S/C19H25N7O2/c1-11-9-12(2)26(23-11)10-16-13(3)28-24-17(16)19(27)25-7-5-15(6-8-25)18-20-14(4)21-22-18/h9,15H,5-8,10H2,1-4H3,(H,20,21,22). The Bertz CT molecular complexity index is 992. The highest BCUT2D eigenvalue weighted by Crippen LogP contribution is 2.27. The van der Waals surface area contributed by atoms with Crippen LogP contribution in [0.5, 0.6) is 0 Å². The number of H-pyrrole nitrogens is 1. The number of carbonyl (C=O) groups is 1. The largest absolute Gasteiger partial charge is 0.361 e. The molecule has 0 atom stereocenters. The molecule has 0 radical (unpaired) electrons. The molecule has 9 nitrogen and oxygen atoms in total. The Labute approximate surface area is 163 Å². The van der Waals surface area contributed by atoms with E-state index in [0.717, 1.165) is 41.4 Å². The first-order chi connectivity index (χ1) is 13.4. The predicted octanol–water partition coefficient (Wildman–Crippen LogP) is 2.29. The summed E-state index contributed by atoms with van der Waals surface area (Å²) >= 11 is 0. The van der Waals surface area contributed by atoms with Gasteiger partial charge in [-0.05, 0) is 46.6 Å². The van der Waals surface area contributed by atoms with E-state index in [1.807, 2.05) is 43.3 Å². The number of amides is 1. The second kappa shape index (κ2) is 7.21. The molecule has 4 rings (SSSR count). The molecular weight excluding hydrogens is 358 g/mol. The highest BCUT2D eigenvalue weighted by atomic mass is 16.5. The fraction of sp³-hybridized carbons (Fsp3) is 0.526. The molecule has 0 bridgehead atoms. The summed E-state index contributed by atoms with van der Waals surface area (Å²) < 4.78 is 7.24. The number of likely N-dealkylation sites (tertiary alicyclic amines) is 1. The van der Waals surface area contributed by atoms with Gasteiger partial charge in [-0.2, -0.15) is 10.2 Å². The van der Waals surface area contributed by atoms with Crippen LogP contribution in [0.15, 0.2) is 10.6 Å². The van der Waals surface area contributed by atoms with Crippen molar-refractivity contribution in [3.8, 4) is 0 Å². The van der Waals surface area contributed by atoms with Crippen molar-refractivity contribution in [2.75, 3.05) is 13.1 Å². The molecule has 3 aromatic rings. The van der Waals surface area contributed by atoms with Gasteiger partial charge in [0.15, 0.2) is 11.5 Å². The number of piperidine rings is 1. The van der Waals surface area contributed by atoms with Crippen LogP contribution < -0.4 is 0 Å². The summed E-state index contributed by atoms with van der Waals surface area (Å²) in [5.41, 5.74) is 3.17. The second-order valence-electron chi connectivity index (χ2n) is 7.50. The van der Waals surface area contributed by atoms with Gasteiger partial charge in [0.1, 0.15) is 11.6 Å². The first-order valence-electron chi connectivity index (χ1n) is 9.56. The Hall–Kier alpha value is -2.97. The van der Waals surface area contributed by atoms with Crippen LogP contribution >= 0.6 is 0 Å². The number of nitrogens with one attached hydrogen (secondary N) is 1. The zero-order valence-corrected chi connectivity index (χ0v) is 16.7. The average molecular weight is 383 g/mol. The summed E-state index contributed by atoms with van der Waals surface area (Å²) in [6.45, 7) is 9.47. The minimum Gasteiger partial charge on any atom is -0.361 e. The summed E-state index contributed by atoms with van der Waals surface area (Å²) in [6, 6.07) is 2.01. The SMILES string of the molecule is Cc1cc(C)n(Cc2c(C(=O)N3CCC(c4n[nH]c(C)n4)CC3)noc2C)n1. The van der Waals surface area contributed by atoms with Crippen LogP contribution in [0.1, 0.15) is 63.6 Å². The lowest BCUT2D eigenvalue weighted by molar-refractivity contribution is 0.0699. The smallest absolute Gasteiger partial charge is 0.276 e. The summed E-state index contributed by atoms with van der Waals surface area (Å²) in [5, 5.41) is 15.7. The van der Waals surface area contributed by atoms with Gasteiger partial charge in [0.25, 0.3) is 5.91 Å². The molecule has 1 N–H and O–H groups in total. The monoisotopic (exact) mass is 383 g/mol. The number of hydrogen-bond donors (Lipinski definition) is 1. The molecule has 0 aliphatic carbocycles. The number of rotatable bonds is 4. The summed E-state index contributed by atoms with van der Waals surface area (Å²) in [6.07, 6.45) is 1.68. The number of hydrogen-bond acceptors (Lipinski definition) is 6. The molecule has 0 aromatic carbocycles. The van der Waals surface area contributed by atoms with Gasteiger partial charge in [0.05, 0.1) is 12.2 Å². The Morgan fingerprint density at radius 3 is 2.61 bits per heavy atom. The Kier molecular flexibility index (Phi) is 4.74. The lowest BCUT2D eigenvalue weighted by atomic mass is 9.96. The van der Waals surface area contributed by atoms with E-state index in [1.54, 1.807) is 0 Å². The van der Waals surface area contributed by atoms with E-state index in [4.69, 9.17) is 4.52 Å². The van der Waals surface area contributed by atoms with E-state index in [2.05, 4.69) is 25.4 Å². The molecular formula is C19H25N7O2. The molecule has 1 saturated heterocycles. The first kappa shape index (κ1) is 18.4. The maximum Gasteiger partial charge on any atom is 0.276 e. The molecule has 1 amide bonds. The maximum atomic E-state index is 13.1. The molecule has 3 aromatic heterocycles. The van der Waals surface area contributed by atoms with Gasteiger partial charge in [-0.1, -0.05) is 5.16 Å². The van der Waals surface area contributed by atoms with Gasteiger partial charge >= 0.3 is 0 Å². The lowest BCUT2D eigenvalue weighted by Gasteiger charge is -2.30. The number of aryl methyl sites for hydroxylation is 4. The third kappa shape index (κ3) is 3.44. The summed E-state index contributed by atoms with van der Waals surface area (Å²) in [4.78, 5) is 19.4. The number of carbonyl (C=O) groups excluding carboxylic acids is 1. The summed E-state index contributed by atoms with van der Waals surface area (Å²) in [7, 11) is 0. The van der Waals surface area contributed by atoms with Crippen LogP contribution in [-0.2, 0) is 6.54 Å². The average Bonchev–Trinajstić information content (AvgIpc) is 3.35. The lowest BCUT2D eigenvalue weighted by Crippen LogP contribution is -2.38. The molecule has 148 valence electrons. The quantitative estimate of drug-likeness (QED) is 0.741. The van der Waals surface area contributed by atoms with Crippen molar-refractivity contribution in [1.29, 1.82) is 0 Å². The van der Waals surface area contributed by atoms with E-state index >= 15 is 0 Å². The first-order valence-corrected chi connectivity index (χ1v) is 9.56. The van der Waals surface area contributed by atoms with Gasteiger partial charge in [-0.25, -0.2) is 4.98 Å². The third-order valence-electron chi connectivity index (χ3n) is 5.36. The van der Waals surface area contributed by atoms with Gasteiger partial charge in [0, 0.05) is 30.3 Å². The molecule has 0 spiro atoms. The minimum atomic E-state index is -0.0852. The van der Waals surface area contributed by atoms with Gasteiger partial charge < -0.3 is 9.42 Å². The van der Waals surface area contributed by atoms with Crippen molar-refractivity contribution >= 4 is 5.91 Å². The highest BCUT2D eigenvalue weighted by Gasteiger charge is 2.30. The number of aromatic amines is 1. The van der Waals surface area contributed by atoms with Crippen molar-refractivity contribution in [1.82, 2.24) is 35.0 Å². The number of nitrogens with zero attached hydrogens (tertiary/aromatic N) is 6. The van der Waals surface area contributed by atoms with Crippen molar-refractivity contribution in [2.24, 2.45) is 0 Å².